The molecular weight excluding hydrogens is 305 g/mol. The van der Waals surface area contributed by atoms with Crippen LogP contribution >= 0.6 is 0 Å². The maximum Gasteiger partial charge on any atom is 0.170 e. The van der Waals surface area contributed by atoms with E-state index in [0.29, 0.717) is 12.5 Å². The molecule has 0 amide bonds. The summed E-state index contributed by atoms with van der Waals surface area (Å²) in [6.45, 7) is 4.77. The molecule has 0 bridgehead atoms. The quantitative estimate of drug-likeness (QED) is 0.755. The molecule has 24 heavy (non-hydrogen) atoms. The first-order valence-electron chi connectivity index (χ1n) is 7.96. The molecule has 3 rings (SSSR count). The van der Waals surface area contributed by atoms with Crippen LogP contribution in [0.25, 0.3) is 5.69 Å². The number of nitrogens with one attached hydrogen (secondary N) is 1. The van der Waals surface area contributed by atoms with Gasteiger partial charge >= 0.3 is 0 Å². The van der Waals surface area contributed by atoms with Gasteiger partial charge in [0.25, 0.3) is 0 Å². The van der Waals surface area contributed by atoms with Crippen molar-refractivity contribution in [2.24, 2.45) is 5.92 Å². The molecule has 124 valence electrons. The first kappa shape index (κ1) is 16.3. The number of benzene rings is 2. The molecule has 1 N–H and O–H groups in total. The Kier molecular flexibility index (Phi) is 4.96. The van der Waals surface area contributed by atoms with Crippen LogP contribution in [0.1, 0.15) is 31.3 Å². The van der Waals surface area contributed by atoms with Crippen LogP contribution < -0.4 is 5.32 Å². The van der Waals surface area contributed by atoms with Crippen LogP contribution in [0, 0.1) is 11.7 Å². The summed E-state index contributed by atoms with van der Waals surface area (Å²) < 4.78 is 14.9. The zero-order valence-electron chi connectivity index (χ0n) is 13.7. The Morgan fingerprint density at radius 1 is 1.04 bits per heavy atom. The van der Waals surface area contributed by atoms with E-state index >= 15 is 0 Å². The van der Waals surface area contributed by atoms with E-state index in [1.165, 1.54) is 12.1 Å². The average molecular weight is 325 g/mol. The van der Waals surface area contributed by atoms with Gasteiger partial charge in [0.2, 0.25) is 0 Å². The minimum absolute atomic E-state index is 0.0894. The summed E-state index contributed by atoms with van der Waals surface area (Å²) in [5.74, 6) is 0.847. The van der Waals surface area contributed by atoms with Crippen molar-refractivity contribution in [1.29, 1.82) is 0 Å². The van der Waals surface area contributed by atoms with E-state index in [4.69, 9.17) is 0 Å². The Morgan fingerprint density at radius 3 is 2.42 bits per heavy atom. The highest BCUT2D eigenvalue weighted by Crippen LogP contribution is 2.22. The maximum absolute atomic E-state index is 13.2. The average Bonchev–Trinajstić information content (AvgIpc) is 3.06. The third-order valence-corrected chi connectivity index (χ3v) is 3.91. The van der Waals surface area contributed by atoms with Gasteiger partial charge in [-0.1, -0.05) is 44.2 Å². The minimum atomic E-state index is -0.228. The summed E-state index contributed by atoms with van der Waals surface area (Å²) >= 11 is 0. The second kappa shape index (κ2) is 7.31. The highest BCUT2D eigenvalue weighted by molar-refractivity contribution is 5.30. The lowest BCUT2D eigenvalue weighted by Gasteiger charge is -2.22. The number of tetrazole rings is 1. The third-order valence-electron chi connectivity index (χ3n) is 3.91. The normalized spacial score (nSPS) is 12.5. The van der Waals surface area contributed by atoms with Crippen LogP contribution in [0.3, 0.4) is 0 Å². The molecule has 6 heteroatoms. The Labute approximate surface area is 140 Å². The van der Waals surface area contributed by atoms with Gasteiger partial charge in [0, 0.05) is 6.04 Å². The Balaban J connectivity index is 1.77. The van der Waals surface area contributed by atoms with Gasteiger partial charge in [0.15, 0.2) is 5.82 Å². The van der Waals surface area contributed by atoms with E-state index in [0.717, 1.165) is 17.1 Å². The molecule has 0 saturated heterocycles. The molecule has 3 aromatic rings. The van der Waals surface area contributed by atoms with Crippen LogP contribution in [-0.2, 0) is 6.54 Å². The molecule has 1 aromatic heterocycles. The van der Waals surface area contributed by atoms with Gasteiger partial charge in [-0.25, -0.2) is 4.39 Å². The van der Waals surface area contributed by atoms with Crippen LogP contribution in [0.4, 0.5) is 4.39 Å². The van der Waals surface area contributed by atoms with Gasteiger partial charge in [-0.05, 0) is 46.2 Å². The first-order chi connectivity index (χ1) is 11.6. The van der Waals surface area contributed by atoms with Crippen molar-refractivity contribution in [2.75, 3.05) is 0 Å². The monoisotopic (exact) mass is 325 g/mol. The fourth-order valence-electron chi connectivity index (χ4n) is 2.70. The van der Waals surface area contributed by atoms with Gasteiger partial charge in [-0.2, -0.15) is 4.68 Å². The summed E-state index contributed by atoms with van der Waals surface area (Å²) in [6, 6.07) is 16.5. The summed E-state index contributed by atoms with van der Waals surface area (Å²) in [5, 5.41) is 15.4. The van der Waals surface area contributed by atoms with Crippen molar-refractivity contribution in [3.63, 3.8) is 0 Å². The molecule has 2 aromatic carbocycles. The van der Waals surface area contributed by atoms with Crippen LogP contribution in [-0.4, -0.2) is 20.2 Å². The van der Waals surface area contributed by atoms with E-state index in [1.807, 2.05) is 42.5 Å². The van der Waals surface area contributed by atoms with Crippen LogP contribution in [0.5, 0.6) is 0 Å². The zero-order chi connectivity index (χ0) is 16.9. The predicted octanol–water partition coefficient (Wildman–Crippen LogP) is 3.29. The predicted molar refractivity (Wildman–Crippen MR) is 90.0 cm³/mol. The molecule has 0 spiro atoms. The lowest BCUT2D eigenvalue weighted by molar-refractivity contribution is 0.403. The van der Waals surface area contributed by atoms with E-state index in [1.54, 1.807) is 4.68 Å². The molecule has 0 saturated carbocycles. The smallest absolute Gasteiger partial charge is 0.170 e. The van der Waals surface area contributed by atoms with Crippen molar-refractivity contribution in [3.05, 3.63) is 71.8 Å². The lowest BCUT2D eigenvalue weighted by atomic mass is 9.96. The number of halogens is 1. The number of para-hydroxylation sites is 1. The Morgan fingerprint density at radius 2 is 1.75 bits per heavy atom. The van der Waals surface area contributed by atoms with Gasteiger partial charge in [0.1, 0.15) is 5.82 Å². The molecule has 1 atom stereocenters. The number of hydrogen-bond acceptors (Lipinski definition) is 4. The Bertz CT molecular complexity index is 768. The van der Waals surface area contributed by atoms with Gasteiger partial charge in [-0.15, -0.1) is 5.10 Å². The fourth-order valence-corrected chi connectivity index (χ4v) is 2.70. The van der Waals surface area contributed by atoms with Crippen LogP contribution in [0.2, 0.25) is 0 Å². The molecule has 0 radical (unpaired) electrons. The van der Waals surface area contributed by atoms with E-state index < -0.39 is 0 Å². The van der Waals surface area contributed by atoms with Crippen molar-refractivity contribution in [2.45, 2.75) is 26.4 Å². The Hall–Kier alpha value is -2.60. The summed E-state index contributed by atoms with van der Waals surface area (Å²) in [7, 11) is 0. The zero-order valence-corrected chi connectivity index (χ0v) is 13.7. The van der Waals surface area contributed by atoms with Crippen molar-refractivity contribution < 1.29 is 4.39 Å². The third kappa shape index (κ3) is 3.65. The highest BCUT2D eigenvalue weighted by Gasteiger charge is 2.17. The van der Waals surface area contributed by atoms with Crippen molar-refractivity contribution in [3.8, 4) is 5.69 Å². The topological polar surface area (TPSA) is 55.6 Å². The second-order valence-electron chi connectivity index (χ2n) is 6.00. The molecular formula is C18H20FN5. The standard InChI is InChI=1S/C18H20FN5/c1-13(2)18(14-8-10-15(19)11-9-14)20-12-17-21-22-23-24(17)16-6-4-3-5-7-16/h3-11,13,18,20H,12H2,1-2H3/t18-/m1/s1. The minimum Gasteiger partial charge on any atom is -0.303 e. The summed E-state index contributed by atoms with van der Waals surface area (Å²) in [6.07, 6.45) is 0. The molecule has 0 aliphatic carbocycles. The van der Waals surface area contributed by atoms with Crippen molar-refractivity contribution >= 4 is 0 Å². The summed E-state index contributed by atoms with van der Waals surface area (Å²) in [4.78, 5) is 0. The molecule has 5 nitrogen and oxygen atoms in total. The number of rotatable bonds is 6. The number of aromatic nitrogens is 4. The summed E-state index contributed by atoms with van der Waals surface area (Å²) in [5.41, 5.74) is 1.97. The molecule has 0 fully saturated rings. The van der Waals surface area contributed by atoms with Gasteiger partial charge < -0.3 is 5.32 Å². The molecule has 0 aliphatic rings. The molecule has 0 unspecified atom stereocenters. The molecule has 0 aliphatic heterocycles. The van der Waals surface area contributed by atoms with E-state index in [-0.39, 0.29) is 11.9 Å². The second-order valence-corrected chi connectivity index (χ2v) is 6.00. The lowest BCUT2D eigenvalue weighted by Crippen LogP contribution is -2.26. The maximum atomic E-state index is 13.2. The van der Waals surface area contributed by atoms with Gasteiger partial charge in [-0.3, -0.25) is 0 Å². The first-order valence-corrected chi connectivity index (χ1v) is 7.96. The largest absolute Gasteiger partial charge is 0.303 e. The number of nitrogens with zero attached hydrogens (tertiary/aromatic N) is 4. The molecule has 1 heterocycles. The van der Waals surface area contributed by atoms with E-state index in [2.05, 4.69) is 34.7 Å². The number of hydrogen-bond donors (Lipinski definition) is 1. The van der Waals surface area contributed by atoms with E-state index in [9.17, 15) is 4.39 Å². The fraction of sp³-hybridized carbons (Fsp3) is 0.278. The highest BCUT2D eigenvalue weighted by atomic mass is 19.1. The van der Waals surface area contributed by atoms with Crippen molar-refractivity contribution in [1.82, 2.24) is 25.5 Å². The SMILES string of the molecule is CC(C)[C@@H](NCc1nnnn1-c1ccccc1)c1ccc(F)cc1. The van der Waals surface area contributed by atoms with Gasteiger partial charge in [0.05, 0.1) is 12.2 Å². The van der Waals surface area contributed by atoms with Crippen LogP contribution in [0.15, 0.2) is 54.6 Å².